The summed E-state index contributed by atoms with van der Waals surface area (Å²) in [7, 11) is 0. The highest BCUT2D eigenvalue weighted by Gasteiger charge is 2.36. The molecule has 1 aliphatic carbocycles. The summed E-state index contributed by atoms with van der Waals surface area (Å²) < 4.78 is 0. The van der Waals surface area contributed by atoms with Crippen LogP contribution in [0.3, 0.4) is 0 Å². The quantitative estimate of drug-likeness (QED) is 0.728. The topological polar surface area (TPSA) is 28.7 Å². The molecule has 3 rings (SSSR count). The maximum atomic E-state index is 4.61. The van der Waals surface area contributed by atoms with Crippen molar-refractivity contribution in [2.24, 2.45) is 5.92 Å². The number of hydrogen-bond acceptors (Lipinski definition) is 1. The number of imidazole rings is 1. The molecule has 2 atom stereocenters. The first kappa shape index (κ1) is 8.04. The molecule has 1 unspecified atom stereocenters. The highest BCUT2D eigenvalue weighted by molar-refractivity contribution is 5.76. The van der Waals surface area contributed by atoms with E-state index in [0.717, 1.165) is 11.4 Å². The average molecular weight is 186 g/mol. The van der Waals surface area contributed by atoms with Gasteiger partial charge in [-0.25, -0.2) is 4.98 Å². The summed E-state index contributed by atoms with van der Waals surface area (Å²) >= 11 is 0. The van der Waals surface area contributed by atoms with Crippen LogP contribution in [0.5, 0.6) is 0 Å². The molecule has 1 fully saturated rings. The summed E-state index contributed by atoms with van der Waals surface area (Å²) in [6.45, 7) is 4.39. The zero-order chi connectivity index (χ0) is 9.71. The fourth-order valence-corrected chi connectivity index (χ4v) is 2.02. The van der Waals surface area contributed by atoms with Crippen LogP contribution < -0.4 is 0 Å². The van der Waals surface area contributed by atoms with Gasteiger partial charge >= 0.3 is 0 Å². The molecule has 0 aliphatic heterocycles. The van der Waals surface area contributed by atoms with Gasteiger partial charge in [0.15, 0.2) is 0 Å². The highest BCUT2D eigenvalue weighted by atomic mass is 14.9. The van der Waals surface area contributed by atoms with Crippen LogP contribution in [0.2, 0.25) is 0 Å². The second-order valence-electron chi connectivity index (χ2n) is 4.46. The number of nitrogens with one attached hydrogen (secondary N) is 1. The number of rotatable bonds is 1. The molecule has 0 bridgehead atoms. The van der Waals surface area contributed by atoms with Gasteiger partial charge in [0.05, 0.1) is 11.0 Å². The largest absolute Gasteiger partial charge is 0.342 e. The van der Waals surface area contributed by atoms with Crippen molar-refractivity contribution < 1.29 is 0 Å². The van der Waals surface area contributed by atoms with Crippen LogP contribution in [0, 0.1) is 12.8 Å². The van der Waals surface area contributed by atoms with E-state index in [4.69, 9.17) is 0 Å². The van der Waals surface area contributed by atoms with Crippen molar-refractivity contribution in [2.45, 2.75) is 26.2 Å². The van der Waals surface area contributed by atoms with Gasteiger partial charge in [-0.15, -0.1) is 0 Å². The standard InChI is InChI=1S/C12H14N2/c1-7-3-4-10-11(5-7)14-12(13-10)9-6-8(9)2/h3-5,8-9H,6H2,1-2H3,(H,13,14)/t8?,9-/m0/s1. The van der Waals surface area contributed by atoms with Crippen LogP contribution in [0.4, 0.5) is 0 Å². The number of aryl methyl sites for hydroxylation is 1. The predicted octanol–water partition coefficient (Wildman–Crippen LogP) is 2.99. The Morgan fingerprint density at radius 3 is 2.93 bits per heavy atom. The first-order valence-corrected chi connectivity index (χ1v) is 5.20. The number of nitrogens with zero attached hydrogens (tertiary/aromatic N) is 1. The predicted molar refractivity (Wildman–Crippen MR) is 57.4 cm³/mol. The van der Waals surface area contributed by atoms with Crippen molar-refractivity contribution in [3.8, 4) is 0 Å². The van der Waals surface area contributed by atoms with E-state index >= 15 is 0 Å². The number of benzene rings is 1. The molecule has 2 nitrogen and oxygen atoms in total. The highest BCUT2D eigenvalue weighted by Crippen LogP contribution is 2.45. The Balaban J connectivity index is 2.11. The third-order valence-corrected chi connectivity index (χ3v) is 3.12. The van der Waals surface area contributed by atoms with Crippen LogP contribution in [-0.2, 0) is 0 Å². The minimum absolute atomic E-state index is 0.683. The Labute approximate surface area is 83.4 Å². The molecule has 1 aliphatic rings. The van der Waals surface area contributed by atoms with Gasteiger partial charge in [0.25, 0.3) is 0 Å². The van der Waals surface area contributed by atoms with Crippen LogP contribution in [0.1, 0.15) is 30.7 Å². The van der Waals surface area contributed by atoms with E-state index in [1.807, 2.05) is 0 Å². The molecule has 0 spiro atoms. The first-order chi connectivity index (χ1) is 6.74. The monoisotopic (exact) mass is 186 g/mol. The number of hydrogen-bond donors (Lipinski definition) is 1. The van der Waals surface area contributed by atoms with E-state index in [1.54, 1.807) is 0 Å². The van der Waals surface area contributed by atoms with Gasteiger partial charge in [-0.2, -0.15) is 0 Å². The molecule has 1 heterocycles. The first-order valence-electron chi connectivity index (χ1n) is 5.20. The molecule has 14 heavy (non-hydrogen) atoms. The Kier molecular flexibility index (Phi) is 1.49. The Bertz CT molecular complexity index is 484. The van der Waals surface area contributed by atoms with Gasteiger partial charge in [-0.1, -0.05) is 13.0 Å². The molecule has 1 N–H and O–H groups in total. The zero-order valence-electron chi connectivity index (χ0n) is 8.54. The van der Waals surface area contributed by atoms with Crippen LogP contribution in [-0.4, -0.2) is 9.97 Å². The summed E-state index contributed by atoms with van der Waals surface area (Å²) in [5.41, 5.74) is 3.57. The summed E-state index contributed by atoms with van der Waals surface area (Å²) in [6.07, 6.45) is 1.29. The second-order valence-corrected chi connectivity index (χ2v) is 4.46. The van der Waals surface area contributed by atoms with Crippen molar-refractivity contribution in [1.82, 2.24) is 9.97 Å². The Morgan fingerprint density at radius 2 is 2.21 bits per heavy atom. The molecule has 1 aromatic heterocycles. The summed E-state index contributed by atoms with van der Waals surface area (Å²) in [5, 5.41) is 0. The molecular weight excluding hydrogens is 172 g/mol. The lowest BCUT2D eigenvalue weighted by Crippen LogP contribution is -1.82. The SMILES string of the molecule is Cc1ccc2nc([C@H]3CC3C)[nH]c2c1. The minimum Gasteiger partial charge on any atom is -0.342 e. The van der Waals surface area contributed by atoms with Crippen LogP contribution in [0.25, 0.3) is 11.0 Å². The van der Waals surface area contributed by atoms with Crippen LogP contribution >= 0.6 is 0 Å². The molecule has 1 aromatic carbocycles. The van der Waals surface area contributed by atoms with E-state index in [9.17, 15) is 0 Å². The molecule has 1 saturated carbocycles. The molecule has 0 amide bonds. The maximum Gasteiger partial charge on any atom is 0.110 e. The van der Waals surface area contributed by atoms with Crippen molar-refractivity contribution >= 4 is 11.0 Å². The van der Waals surface area contributed by atoms with Gasteiger partial charge in [0.1, 0.15) is 5.82 Å². The lowest BCUT2D eigenvalue weighted by molar-refractivity contribution is 0.867. The maximum absolute atomic E-state index is 4.61. The van der Waals surface area contributed by atoms with Gasteiger partial charge < -0.3 is 4.98 Å². The molecule has 0 radical (unpaired) electrons. The van der Waals surface area contributed by atoms with Crippen molar-refractivity contribution in [3.05, 3.63) is 29.6 Å². The molecule has 0 saturated heterocycles. The third-order valence-electron chi connectivity index (χ3n) is 3.12. The number of H-pyrrole nitrogens is 1. The van der Waals surface area contributed by atoms with E-state index in [1.165, 1.54) is 23.3 Å². The van der Waals surface area contributed by atoms with E-state index in [2.05, 4.69) is 42.0 Å². The lowest BCUT2D eigenvalue weighted by Gasteiger charge is -1.89. The summed E-state index contributed by atoms with van der Waals surface area (Å²) in [4.78, 5) is 8.03. The molecule has 2 heteroatoms. The van der Waals surface area contributed by atoms with Crippen LogP contribution in [0.15, 0.2) is 18.2 Å². The number of aromatic nitrogens is 2. The second kappa shape index (κ2) is 2.59. The van der Waals surface area contributed by atoms with Gasteiger partial charge in [-0.3, -0.25) is 0 Å². The normalized spacial score (nSPS) is 25.6. The fourth-order valence-electron chi connectivity index (χ4n) is 2.02. The van der Waals surface area contributed by atoms with Gasteiger partial charge in [0.2, 0.25) is 0 Å². The van der Waals surface area contributed by atoms with Crippen molar-refractivity contribution in [1.29, 1.82) is 0 Å². The summed E-state index contributed by atoms with van der Waals surface area (Å²) in [5.74, 6) is 2.68. The van der Waals surface area contributed by atoms with Gasteiger partial charge in [0, 0.05) is 5.92 Å². The number of aromatic amines is 1. The zero-order valence-corrected chi connectivity index (χ0v) is 8.54. The number of fused-ring (bicyclic) bond motifs is 1. The Morgan fingerprint density at radius 1 is 1.43 bits per heavy atom. The lowest BCUT2D eigenvalue weighted by atomic mass is 10.2. The van der Waals surface area contributed by atoms with Gasteiger partial charge in [-0.05, 0) is 37.0 Å². The molecule has 2 aromatic rings. The van der Waals surface area contributed by atoms with E-state index in [-0.39, 0.29) is 0 Å². The smallest absolute Gasteiger partial charge is 0.110 e. The molecule has 72 valence electrons. The Hall–Kier alpha value is -1.31. The third kappa shape index (κ3) is 1.14. The minimum atomic E-state index is 0.683. The van der Waals surface area contributed by atoms with E-state index < -0.39 is 0 Å². The van der Waals surface area contributed by atoms with Crippen molar-refractivity contribution in [2.75, 3.05) is 0 Å². The summed E-state index contributed by atoms with van der Waals surface area (Å²) in [6, 6.07) is 6.37. The average Bonchev–Trinajstić information content (AvgIpc) is 2.75. The van der Waals surface area contributed by atoms with E-state index in [0.29, 0.717) is 5.92 Å². The molecular formula is C12H14N2. The van der Waals surface area contributed by atoms with Crippen molar-refractivity contribution in [3.63, 3.8) is 0 Å². The fraction of sp³-hybridized carbons (Fsp3) is 0.417.